The van der Waals surface area contributed by atoms with Gasteiger partial charge in [-0.25, -0.2) is 0 Å². The molecule has 0 amide bonds. The zero-order valence-corrected chi connectivity index (χ0v) is 67.9. The van der Waals surface area contributed by atoms with E-state index in [-0.39, 0.29) is 172 Å². The standard InChI is InChI=1S/C17H20N3P.2C13H13P.C11H14IN3.C6H6IN.C6H7P.C3H9ClSi.12CH4.Ag.HNO3.HNO2.Na/c1-3-7-16(8-4-1)21-17-11-9-15(10-12-17)18-19-20-13-5-2-6-14-20;2*1-11-7-9-13(10-8-11)14-12-5-3-2-4-6-12;12-10-4-6-11(7-5-10)13-14-15-8-2-1-3-9-15;7-5-1-3-6(8)4-2-5;7-6-4-2-1-3-5-6;1-5(2,3)4;;;;;;;;;;;;;;2-1(3)4;2-1-3;/h1,3-4,7-12,21H,2,5-6,13-14H2;2*2-10,14H,1H3;4-7H,1-3,8-9H2;1-4H,8H2;1-5H,7H2;1-3H3;12*1H4;;(H,2,3,4);1H;/q;;;;;;;;;;;;;;;;;;;;;;+1/p+3. The molecule has 11 rings (SSSR count). The van der Waals surface area contributed by atoms with Crippen LogP contribution in [-0.4, -0.2) is 53.9 Å². The van der Waals surface area contributed by atoms with Crippen LogP contribution >= 0.6 is 91.2 Å². The molecule has 0 aromatic heterocycles. The Morgan fingerprint density at radius 1 is 0.457 bits per heavy atom. The summed E-state index contributed by atoms with van der Waals surface area (Å²) in [5, 5.41) is 53.1. The summed E-state index contributed by atoms with van der Waals surface area (Å²) in [5.74, 6) is 0. The summed E-state index contributed by atoms with van der Waals surface area (Å²) in [6, 6.07) is 84.2. The second-order valence-corrected chi connectivity index (χ2v) is 36.9. The minimum absolute atomic E-state index is 0. The Balaban J connectivity index is -0.0000000953. The summed E-state index contributed by atoms with van der Waals surface area (Å²) in [5.41, 5.74) is 10.8. The molecule has 2 heterocycles. The van der Waals surface area contributed by atoms with Gasteiger partial charge in [-0.3, -0.25) is 20.1 Å². The Hall–Kier alpha value is -4.39. The fraction of sp³-hybridized carbons (Fsp3) is 0.333. The average molecular weight is 1890 g/mol. The molecule has 587 valence electrons. The molecule has 4 unspecified atom stereocenters. The largest absolute Gasteiger partial charge is 1.00 e. The van der Waals surface area contributed by atoms with Crippen molar-refractivity contribution in [1.29, 1.82) is 0 Å². The van der Waals surface area contributed by atoms with E-state index in [1.807, 2.05) is 78.9 Å². The van der Waals surface area contributed by atoms with E-state index in [0.29, 0.717) is 0 Å². The molecule has 0 bridgehead atoms. The molecular formula is C81H135AgClI2N9NaO5P4Si+4. The number of halogens is 3. The van der Waals surface area contributed by atoms with Crippen molar-refractivity contribution in [2.75, 3.05) is 31.9 Å². The zero-order chi connectivity index (χ0) is 66.3. The number of nitrogens with zero attached hydrogens (tertiary/aromatic N) is 7. The van der Waals surface area contributed by atoms with Crippen LogP contribution < -0.4 is 77.8 Å². The van der Waals surface area contributed by atoms with E-state index in [9.17, 15) is 0 Å². The van der Waals surface area contributed by atoms with Gasteiger partial charge in [0.1, 0.15) is 7.38 Å². The van der Waals surface area contributed by atoms with Gasteiger partial charge in [0, 0.05) is 66.7 Å². The monoisotopic (exact) mass is 1880 g/mol. The molecule has 9 aromatic rings. The van der Waals surface area contributed by atoms with E-state index < -0.39 is 12.5 Å². The van der Waals surface area contributed by atoms with E-state index in [2.05, 4.69) is 282 Å². The van der Waals surface area contributed by atoms with Crippen molar-refractivity contribution in [3.63, 3.8) is 0 Å². The molecule has 24 heteroatoms. The number of hydrogen-bond acceptors (Lipinski definition) is 9. The Morgan fingerprint density at radius 3 is 0.895 bits per heavy atom. The van der Waals surface area contributed by atoms with Gasteiger partial charge in [-0.15, -0.1) is 29.6 Å². The van der Waals surface area contributed by atoms with Crippen LogP contribution in [0.4, 0.5) is 17.1 Å². The van der Waals surface area contributed by atoms with Crippen LogP contribution in [0.5, 0.6) is 0 Å². The molecule has 105 heavy (non-hydrogen) atoms. The number of piperidine rings is 2. The van der Waals surface area contributed by atoms with Crippen molar-refractivity contribution in [2.45, 2.75) is 161 Å². The maximum absolute atomic E-state index is 8.36. The van der Waals surface area contributed by atoms with Crippen molar-refractivity contribution < 1.29 is 67.6 Å². The fourth-order valence-electron chi connectivity index (χ4n) is 7.77. The number of rotatable bonds is 10. The number of nitrogen functional groups attached to an aromatic ring is 1. The molecule has 2 saturated heterocycles. The smallest absolute Gasteiger partial charge is 0.399 e. The van der Waals surface area contributed by atoms with Crippen LogP contribution in [0.15, 0.2) is 263 Å². The summed E-state index contributed by atoms with van der Waals surface area (Å²) in [7, 11) is 2.18. The molecule has 0 aliphatic carbocycles. The zero-order valence-electron chi connectivity index (χ0n) is 53.7. The Labute approximate surface area is 717 Å². The first-order valence-electron chi connectivity index (χ1n) is 29.6. The van der Waals surface area contributed by atoms with Crippen LogP contribution in [0.3, 0.4) is 0 Å². The molecule has 1 radical (unpaired) electrons. The molecule has 14 nitrogen and oxygen atoms in total. The molecule has 4 N–H and O–H groups in total. The van der Waals surface area contributed by atoms with Gasteiger partial charge in [-0.2, -0.15) is 11.1 Å². The first kappa shape index (κ1) is 127. The van der Waals surface area contributed by atoms with Crippen LogP contribution in [-0.2, 0) is 22.4 Å². The van der Waals surface area contributed by atoms with Gasteiger partial charge in [-0.1, -0.05) is 240 Å². The van der Waals surface area contributed by atoms with Gasteiger partial charge < -0.3 is 10.9 Å². The van der Waals surface area contributed by atoms with Crippen molar-refractivity contribution in [1.82, 2.24) is 10.0 Å². The van der Waals surface area contributed by atoms with E-state index in [0.717, 1.165) is 43.2 Å². The molecule has 2 aliphatic heterocycles. The predicted octanol–water partition coefficient (Wildman–Crippen LogP) is 19.8. The molecule has 9 aromatic carbocycles. The maximum Gasteiger partial charge on any atom is 1.00 e. The quantitative estimate of drug-likeness (QED) is 0.0175. The van der Waals surface area contributed by atoms with Crippen molar-refractivity contribution in [2.24, 2.45) is 20.7 Å². The van der Waals surface area contributed by atoms with E-state index in [4.69, 9.17) is 42.2 Å². The SMILES string of the molecule is C.C.C.C.C.C.C.C.C.C.C.C.C[Si](C)(C)Cl.Cc1ccc([PH2+]c2ccccc2)cc1.Cc1ccc([PH2+]c2ccccc2)cc1.Ic1ccc(N=NN2CCCCC2)cc1.Nc1ccc(I)cc1.O=[N+]([O-])O.O=[NH+][O-].Pc1ccccc1.[Ag].[Na+].c1ccc([PH2+]c2ccc(N=NN3CCCCC3)cc2)cc1. The third kappa shape index (κ3) is 71.0. The van der Waals surface area contributed by atoms with Crippen LogP contribution in [0, 0.1) is 41.2 Å². The Kier molecular flexibility index (Phi) is 95.9. The van der Waals surface area contributed by atoms with Gasteiger partial charge in [-0.05, 0) is 236 Å². The van der Waals surface area contributed by atoms with Gasteiger partial charge in [0.2, 0.25) is 0 Å². The molecule has 4 atom stereocenters. The second-order valence-electron chi connectivity index (χ2n) is 21.3. The van der Waals surface area contributed by atoms with Crippen molar-refractivity contribution in [3.8, 4) is 0 Å². The Morgan fingerprint density at radius 2 is 0.667 bits per heavy atom. The summed E-state index contributed by atoms with van der Waals surface area (Å²) < 4.78 is 2.45. The molecule has 2 aliphatic rings. The molecule has 2 fully saturated rings. The topological polar surface area (TPSA) is 199 Å². The van der Waals surface area contributed by atoms with Gasteiger partial charge in [0.05, 0.1) is 68.9 Å². The third-order valence-corrected chi connectivity index (χ3v) is 18.3. The van der Waals surface area contributed by atoms with Gasteiger partial charge >= 0.3 is 29.6 Å². The number of anilines is 1. The first-order valence-corrected chi connectivity index (χ1v) is 40.3. The first-order chi connectivity index (χ1) is 43.8. The van der Waals surface area contributed by atoms with Crippen molar-refractivity contribution >= 4 is 153 Å². The second kappa shape index (κ2) is 79.2. The summed E-state index contributed by atoms with van der Waals surface area (Å²) in [6.07, 6.45) is 7.60. The Bertz CT molecular complexity index is 3280. The molecule has 0 spiro atoms. The minimum atomic E-state index is -1.50. The number of aryl methyl sites for hydroxylation is 2. The van der Waals surface area contributed by atoms with E-state index in [1.54, 1.807) is 0 Å². The normalized spacial score (nSPS) is 10.8. The van der Waals surface area contributed by atoms with Crippen LogP contribution in [0.2, 0.25) is 19.6 Å². The van der Waals surface area contributed by atoms with Crippen LogP contribution in [0.25, 0.3) is 0 Å². The van der Waals surface area contributed by atoms with E-state index >= 15 is 0 Å². The predicted molar refractivity (Wildman–Crippen MR) is 500 cm³/mol. The average Bonchev–Trinajstić information content (AvgIpc) is 0.897. The summed E-state index contributed by atoms with van der Waals surface area (Å²) >= 11 is 10.2. The summed E-state index contributed by atoms with van der Waals surface area (Å²) in [6.45, 7) is 14.7. The van der Waals surface area contributed by atoms with E-state index in [1.165, 1.54) is 93.9 Å². The van der Waals surface area contributed by atoms with Crippen LogP contribution in [0.1, 0.15) is 139 Å². The number of nitrogens with one attached hydrogen (secondary N) is 1. The minimum Gasteiger partial charge on any atom is -0.399 e. The van der Waals surface area contributed by atoms with Gasteiger partial charge in [0.25, 0.3) is 5.09 Å². The number of nitrogens with two attached hydrogens (primary N) is 1. The summed E-state index contributed by atoms with van der Waals surface area (Å²) in [4.78, 5) is 16.5. The number of benzene rings is 9. The molecule has 0 saturated carbocycles. The van der Waals surface area contributed by atoms with Crippen molar-refractivity contribution in [3.05, 3.63) is 281 Å². The number of hydrogen-bond donors (Lipinski definition) is 3. The molecular weight excluding hydrogens is 1750 g/mol. The third-order valence-electron chi connectivity index (χ3n) is 12.2. The fourth-order valence-corrected chi connectivity index (χ4v) is 12.3. The van der Waals surface area contributed by atoms with Gasteiger partial charge in [0.15, 0.2) is 0 Å². The maximum atomic E-state index is 8.36.